The van der Waals surface area contributed by atoms with Crippen LogP contribution in [0.4, 0.5) is 14.6 Å². The third-order valence-corrected chi connectivity index (χ3v) is 2.98. The summed E-state index contributed by atoms with van der Waals surface area (Å²) in [5.41, 5.74) is -0.544. The van der Waals surface area contributed by atoms with Gasteiger partial charge in [-0.2, -0.15) is 0 Å². The Morgan fingerprint density at radius 3 is 2.43 bits per heavy atom. The van der Waals surface area contributed by atoms with Gasteiger partial charge in [0.05, 0.1) is 3.57 Å². The van der Waals surface area contributed by atoms with Crippen molar-refractivity contribution < 1.29 is 13.7 Å². The van der Waals surface area contributed by atoms with Crippen LogP contribution in [-0.2, 0) is 0 Å². The van der Waals surface area contributed by atoms with Gasteiger partial charge >= 0.3 is 12.2 Å². The zero-order chi connectivity index (χ0) is 10.9. The van der Waals surface area contributed by atoms with Gasteiger partial charge in [-0.05, 0) is 61.2 Å². The van der Waals surface area contributed by atoms with Crippen LogP contribution in [0.5, 0.6) is 0 Å². The van der Waals surface area contributed by atoms with Gasteiger partial charge in [0.1, 0.15) is 3.57 Å². The van der Waals surface area contributed by atoms with Crippen LogP contribution in [0.3, 0.4) is 0 Å². The minimum absolute atomic E-state index is 0.229. The van der Waals surface area contributed by atoms with E-state index in [0.717, 1.165) is 0 Å². The molecule has 0 bridgehead atoms. The van der Waals surface area contributed by atoms with Crippen molar-refractivity contribution in [2.45, 2.75) is 6.43 Å². The minimum Gasteiger partial charge on any atom is -0.358 e. The van der Waals surface area contributed by atoms with E-state index < -0.39 is 22.9 Å². The number of hydrogen-bond donors (Lipinski definition) is 0. The van der Waals surface area contributed by atoms with E-state index in [2.05, 4.69) is 4.98 Å². The Morgan fingerprint density at radius 1 is 1.43 bits per heavy atom. The number of nitrogens with zero attached hydrogens (tertiary/aromatic N) is 2. The summed E-state index contributed by atoms with van der Waals surface area (Å²) in [6, 6.07) is 1.31. The first-order valence-corrected chi connectivity index (χ1v) is 5.37. The molecule has 14 heavy (non-hydrogen) atoms. The van der Waals surface area contributed by atoms with E-state index in [4.69, 9.17) is 0 Å². The highest BCUT2D eigenvalue weighted by Gasteiger charge is 2.25. The first kappa shape index (κ1) is 11.9. The lowest BCUT2D eigenvalue weighted by molar-refractivity contribution is -0.390. The summed E-state index contributed by atoms with van der Waals surface area (Å²) in [5, 5.41) is 10.4. The molecule has 0 aliphatic rings. The van der Waals surface area contributed by atoms with Gasteiger partial charge in [0.15, 0.2) is 0 Å². The standard InChI is InChI=1S/C6H2F2I2N2O2/c7-5(8)4-2(9)1-3(10)6(11-4)12(13)14/h1,5H. The fourth-order valence-corrected chi connectivity index (χ4v) is 2.64. The van der Waals surface area contributed by atoms with Crippen molar-refractivity contribution in [3.8, 4) is 0 Å². The van der Waals surface area contributed by atoms with Crippen LogP contribution in [0, 0.1) is 17.3 Å². The molecule has 0 atom stereocenters. The van der Waals surface area contributed by atoms with E-state index in [1.807, 2.05) is 0 Å². The number of halogens is 4. The van der Waals surface area contributed by atoms with Gasteiger partial charge in [-0.1, -0.05) is 0 Å². The SMILES string of the molecule is O=[N+]([O-])c1nc(C(F)F)c(I)cc1I. The van der Waals surface area contributed by atoms with Crippen LogP contribution in [0.2, 0.25) is 0 Å². The highest BCUT2D eigenvalue weighted by molar-refractivity contribution is 14.1. The van der Waals surface area contributed by atoms with Crippen LogP contribution in [-0.4, -0.2) is 9.91 Å². The van der Waals surface area contributed by atoms with E-state index in [1.54, 1.807) is 45.2 Å². The molecule has 0 aromatic carbocycles. The number of pyridine rings is 1. The number of nitro groups is 1. The van der Waals surface area contributed by atoms with E-state index in [-0.39, 0.29) is 7.14 Å². The van der Waals surface area contributed by atoms with Gasteiger partial charge in [0.25, 0.3) is 0 Å². The predicted molar refractivity (Wildman–Crippen MR) is 61.3 cm³/mol. The average molecular weight is 426 g/mol. The van der Waals surface area contributed by atoms with E-state index in [0.29, 0.717) is 0 Å². The van der Waals surface area contributed by atoms with Gasteiger partial charge in [0, 0.05) is 0 Å². The zero-order valence-electron chi connectivity index (χ0n) is 6.38. The van der Waals surface area contributed by atoms with Gasteiger partial charge in [-0.3, -0.25) is 0 Å². The molecule has 8 heteroatoms. The lowest BCUT2D eigenvalue weighted by atomic mass is 10.3. The summed E-state index contributed by atoms with van der Waals surface area (Å²) >= 11 is 3.36. The Kier molecular flexibility index (Phi) is 3.92. The molecule has 1 aromatic rings. The third kappa shape index (κ3) is 2.46. The number of aromatic nitrogens is 1. The fraction of sp³-hybridized carbons (Fsp3) is 0.167. The maximum Gasteiger partial charge on any atom is 0.377 e. The molecule has 76 valence electrons. The second-order valence-corrected chi connectivity index (χ2v) is 4.54. The summed E-state index contributed by atoms with van der Waals surface area (Å²) in [6.07, 6.45) is -2.79. The first-order valence-electron chi connectivity index (χ1n) is 3.22. The van der Waals surface area contributed by atoms with Crippen molar-refractivity contribution in [2.24, 2.45) is 0 Å². The molecule has 1 heterocycles. The lowest BCUT2D eigenvalue weighted by Crippen LogP contribution is -2.02. The molecular formula is C6H2F2I2N2O2. The fourth-order valence-electron chi connectivity index (χ4n) is 0.752. The van der Waals surface area contributed by atoms with Crippen LogP contribution >= 0.6 is 45.2 Å². The van der Waals surface area contributed by atoms with Crippen LogP contribution < -0.4 is 0 Å². The second kappa shape index (κ2) is 4.59. The Balaban J connectivity index is 3.34. The lowest BCUT2D eigenvalue weighted by Gasteiger charge is -2.00. The van der Waals surface area contributed by atoms with Crippen molar-refractivity contribution >= 4 is 51.0 Å². The molecule has 0 aliphatic carbocycles. The Hall–Kier alpha value is -0.130. The molecular weight excluding hydrogens is 424 g/mol. The molecule has 0 fully saturated rings. The molecule has 0 saturated heterocycles. The molecule has 1 aromatic heterocycles. The Bertz CT molecular complexity index is 386. The number of alkyl halides is 2. The smallest absolute Gasteiger partial charge is 0.358 e. The Morgan fingerprint density at radius 2 is 2.00 bits per heavy atom. The van der Waals surface area contributed by atoms with E-state index in [9.17, 15) is 18.9 Å². The van der Waals surface area contributed by atoms with Gasteiger partial charge < -0.3 is 10.1 Å². The van der Waals surface area contributed by atoms with Gasteiger partial charge in [0.2, 0.25) is 5.69 Å². The molecule has 1 rings (SSSR count). The largest absolute Gasteiger partial charge is 0.377 e. The highest BCUT2D eigenvalue weighted by Crippen LogP contribution is 2.28. The highest BCUT2D eigenvalue weighted by atomic mass is 127. The topological polar surface area (TPSA) is 56.0 Å². The molecule has 0 N–H and O–H groups in total. The number of rotatable bonds is 2. The predicted octanol–water partition coefficient (Wildman–Crippen LogP) is 3.14. The van der Waals surface area contributed by atoms with Crippen molar-refractivity contribution in [1.82, 2.24) is 4.98 Å². The summed E-state index contributed by atoms with van der Waals surface area (Å²) < 4.78 is 25.1. The van der Waals surface area contributed by atoms with Crippen molar-refractivity contribution in [3.63, 3.8) is 0 Å². The average Bonchev–Trinajstić information content (AvgIpc) is 2.02. The maximum atomic E-state index is 12.3. The summed E-state index contributed by atoms with van der Waals surface area (Å²) in [6.45, 7) is 0. The van der Waals surface area contributed by atoms with Gasteiger partial charge in [-0.15, -0.1) is 0 Å². The molecule has 4 nitrogen and oxygen atoms in total. The summed E-state index contributed by atoms with van der Waals surface area (Å²) in [4.78, 5) is 12.9. The quantitative estimate of drug-likeness (QED) is 0.415. The maximum absolute atomic E-state index is 12.3. The molecule has 0 aliphatic heterocycles. The van der Waals surface area contributed by atoms with Crippen LogP contribution in [0.1, 0.15) is 12.1 Å². The second-order valence-electron chi connectivity index (χ2n) is 2.22. The molecule has 0 spiro atoms. The van der Waals surface area contributed by atoms with Gasteiger partial charge in [-0.25, -0.2) is 8.78 Å². The molecule has 0 amide bonds. The zero-order valence-corrected chi connectivity index (χ0v) is 10.7. The molecule has 0 unspecified atom stereocenters. The van der Waals surface area contributed by atoms with Crippen molar-refractivity contribution in [1.29, 1.82) is 0 Å². The van der Waals surface area contributed by atoms with Crippen molar-refractivity contribution in [3.05, 3.63) is 29.0 Å². The molecule has 0 radical (unpaired) electrons. The third-order valence-electron chi connectivity index (χ3n) is 1.32. The van der Waals surface area contributed by atoms with Crippen LogP contribution in [0.25, 0.3) is 0 Å². The summed E-state index contributed by atoms with van der Waals surface area (Å²) in [7, 11) is 0. The summed E-state index contributed by atoms with van der Waals surface area (Å²) in [5.74, 6) is -0.527. The first-order chi connectivity index (χ1) is 6.43. The minimum atomic E-state index is -2.79. The Labute approximate surface area is 105 Å². The monoisotopic (exact) mass is 426 g/mol. The molecule has 0 saturated carbocycles. The van der Waals surface area contributed by atoms with E-state index in [1.165, 1.54) is 6.07 Å². The van der Waals surface area contributed by atoms with Crippen LogP contribution in [0.15, 0.2) is 6.07 Å². The van der Waals surface area contributed by atoms with E-state index >= 15 is 0 Å². The number of hydrogen-bond acceptors (Lipinski definition) is 3. The normalized spacial score (nSPS) is 10.6. The van der Waals surface area contributed by atoms with Crippen molar-refractivity contribution in [2.75, 3.05) is 0 Å².